The van der Waals surface area contributed by atoms with Crippen LogP contribution in [0.5, 0.6) is 0 Å². The third kappa shape index (κ3) is 3.19. The number of thiophene rings is 1. The summed E-state index contributed by atoms with van der Waals surface area (Å²) in [5, 5.41) is 4.29. The molecule has 0 unspecified atom stereocenters. The second-order valence-corrected chi connectivity index (χ2v) is 7.11. The summed E-state index contributed by atoms with van der Waals surface area (Å²) in [5.41, 5.74) is 1.26. The molecule has 2 aromatic heterocycles. The highest BCUT2D eigenvalue weighted by Crippen LogP contribution is 2.30. The van der Waals surface area contributed by atoms with E-state index in [1.807, 2.05) is 0 Å². The molecule has 0 aromatic carbocycles. The fraction of sp³-hybridized carbons (Fsp3) is 0.529. The lowest BCUT2D eigenvalue weighted by atomic mass is 10.1. The van der Waals surface area contributed by atoms with Gasteiger partial charge in [-0.1, -0.05) is 0 Å². The predicted octanol–water partition coefficient (Wildman–Crippen LogP) is 3.10. The van der Waals surface area contributed by atoms with Gasteiger partial charge < -0.3 is 14.5 Å². The second kappa shape index (κ2) is 6.45. The first-order valence-corrected chi connectivity index (χ1v) is 9.23. The Morgan fingerprint density at radius 1 is 1.13 bits per heavy atom. The van der Waals surface area contributed by atoms with Gasteiger partial charge in [-0.2, -0.15) is 11.3 Å². The molecule has 0 radical (unpaired) electrons. The lowest BCUT2D eigenvalue weighted by Gasteiger charge is -2.37. The highest BCUT2D eigenvalue weighted by Gasteiger charge is 2.28. The van der Waals surface area contributed by atoms with E-state index in [2.05, 4.69) is 49.6 Å². The van der Waals surface area contributed by atoms with Crippen LogP contribution in [-0.2, 0) is 4.74 Å². The molecule has 2 fully saturated rings. The molecule has 2 atom stereocenters. The van der Waals surface area contributed by atoms with Crippen LogP contribution in [0.25, 0.3) is 0 Å². The molecule has 0 bridgehead atoms. The molecule has 23 heavy (non-hydrogen) atoms. The summed E-state index contributed by atoms with van der Waals surface area (Å²) >= 11 is 1.72. The summed E-state index contributed by atoms with van der Waals surface area (Å²) < 4.78 is 6.12. The Morgan fingerprint density at radius 2 is 1.91 bits per heavy atom. The first kappa shape index (κ1) is 14.9. The third-order valence-electron chi connectivity index (χ3n) is 4.57. The molecule has 0 saturated carbocycles. The Morgan fingerprint density at radius 3 is 2.65 bits per heavy atom. The van der Waals surface area contributed by atoms with Gasteiger partial charge in [0.1, 0.15) is 24.1 Å². The summed E-state index contributed by atoms with van der Waals surface area (Å²) in [6, 6.07) is 4.29. The molecule has 6 heteroatoms. The number of hydrogen-bond acceptors (Lipinski definition) is 6. The van der Waals surface area contributed by atoms with Crippen LogP contribution in [0.4, 0.5) is 11.6 Å². The van der Waals surface area contributed by atoms with E-state index < -0.39 is 0 Å². The number of morpholine rings is 1. The van der Waals surface area contributed by atoms with Crippen molar-refractivity contribution in [3.05, 3.63) is 34.8 Å². The Bertz CT molecular complexity index is 642. The number of nitrogens with zero attached hydrogens (tertiary/aromatic N) is 4. The number of rotatable bonds is 3. The Kier molecular flexibility index (Phi) is 4.18. The van der Waals surface area contributed by atoms with Crippen LogP contribution in [-0.4, -0.2) is 42.3 Å². The molecule has 0 spiro atoms. The van der Waals surface area contributed by atoms with E-state index in [0.717, 1.165) is 37.8 Å². The van der Waals surface area contributed by atoms with Crippen LogP contribution in [0.2, 0.25) is 0 Å². The molecule has 2 saturated heterocycles. The molecule has 0 aliphatic carbocycles. The van der Waals surface area contributed by atoms with Gasteiger partial charge in [0.25, 0.3) is 0 Å². The van der Waals surface area contributed by atoms with Crippen LogP contribution < -0.4 is 9.80 Å². The van der Waals surface area contributed by atoms with Crippen molar-refractivity contribution in [1.29, 1.82) is 0 Å². The van der Waals surface area contributed by atoms with E-state index in [0.29, 0.717) is 0 Å². The monoisotopic (exact) mass is 330 g/mol. The standard InChI is InChI=1S/C17H22N4OS/c1-13-9-21(10-15(22-13)14-4-7-23-11-14)17-8-16(18-12-19-17)20-5-2-3-6-20/h4,7-8,11-13,15H,2-3,5-6,9-10H2,1H3/t13-,15+/m0/s1. The lowest BCUT2D eigenvalue weighted by Crippen LogP contribution is -2.43. The summed E-state index contributed by atoms with van der Waals surface area (Å²) in [4.78, 5) is 13.7. The first-order chi connectivity index (χ1) is 11.3. The minimum atomic E-state index is 0.121. The molecular weight excluding hydrogens is 308 g/mol. The van der Waals surface area contributed by atoms with Gasteiger partial charge in [-0.25, -0.2) is 9.97 Å². The van der Waals surface area contributed by atoms with Crippen molar-refractivity contribution in [2.45, 2.75) is 32.0 Å². The van der Waals surface area contributed by atoms with Gasteiger partial charge in [0.2, 0.25) is 0 Å². The molecule has 0 N–H and O–H groups in total. The second-order valence-electron chi connectivity index (χ2n) is 6.33. The molecule has 122 valence electrons. The maximum Gasteiger partial charge on any atom is 0.134 e. The number of anilines is 2. The molecule has 2 aromatic rings. The molecule has 2 aliphatic rings. The van der Waals surface area contributed by atoms with Crippen molar-refractivity contribution in [2.75, 3.05) is 36.0 Å². The molecule has 5 nitrogen and oxygen atoms in total. The number of hydrogen-bond donors (Lipinski definition) is 0. The van der Waals surface area contributed by atoms with Gasteiger partial charge in [0, 0.05) is 32.2 Å². The van der Waals surface area contributed by atoms with E-state index >= 15 is 0 Å². The highest BCUT2D eigenvalue weighted by molar-refractivity contribution is 7.07. The number of aromatic nitrogens is 2. The molecule has 0 amide bonds. The minimum absolute atomic E-state index is 0.121. The van der Waals surface area contributed by atoms with Crippen molar-refractivity contribution in [1.82, 2.24) is 9.97 Å². The average molecular weight is 330 g/mol. The quantitative estimate of drug-likeness (QED) is 0.865. The summed E-state index contributed by atoms with van der Waals surface area (Å²) in [6.45, 7) is 6.06. The Balaban J connectivity index is 1.55. The fourth-order valence-corrected chi connectivity index (χ4v) is 4.11. The lowest BCUT2D eigenvalue weighted by molar-refractivity contribution is -0.0174. The van der Waals surface area contributed by atoms with Gasteiger partial charge in [-0.05, 0) is 42.2 Å². The maximum atomic E-state index is 6.12. The van der Waals surface area contributed by atoms with Crippen molar-refractivity contribution in [2.24, 2.45) is 0 Å². The fourth-order valence-electron chi connectivity index (χ4n) is 3.41. The largest absolute Gasteiger partial charge is 0.367 e. The van der Waals surface area contributed by atoms with Crippen molar-refractivity contribution in [3.63, 3.8) is 0 Å². The van der Waals surface area contributed by atoms with E-state index in [-0.39, 0.29) is 12.2 Å². The SMILES string of the molecule is C[C@H]1CN(c2cc(N3CCCC3)ncn2)C[C@H](c2ccsc2)O1. The van der Waals surface area contributed by atoms with E-state index in [1.165, 1.54) is 18.4 Å². The first-order valence-electron chi connectivity index (χ1n) is 8.29. The van der Waals surface area contributed by atoms with E-state index in [1.54, 1.807) is 17.7 Å². The Labute approximate surface area is 140 Å². The maximum absolute atomic E-state index is 6.12. The average Bonchev–Trinajstić information content (AvgIpc) is 3.28. The topological polar surface area (TPSA) is 41.5 Å². The van der Waals surface area contributed by atoms with Gasteiger partial charge in [0.05, 0.1) is 6.10 Å². The van der Waals surface area contributed by atoms with Crippen LogP contribution in [0.1, 0.15) is 31.4 Å². The van der Waals surface area contributed by atoms with E-state index in [9.17, 15) is 0 Å². The molecule has 4 heterocycles. The summed E-state index contributed by atoms with van der Waals surface area (Å²) in [5.74, 6) is 2.07. The smallest absolute Gasteiger partial charge is 0.134 e. The van der Waals surface area contributed by atoms with Gasteiger partial charge in [-0.3, -0.25) is 0 Å². The summed E-state index contributed by atoms with van der Waals surface area (Å²) in [6.07, 6.45) is 4.53. The van der Waals surface area contributed by atoms with Crippen LogP contribution >= 0.6 is 11.3 Å². The van der Waals surface area contributed by atoms with E-state index in [4.69, 9.17) is 4.74 Å². The molecule has 4 rings (SSSR count). The zero-order valence-electron chi connectivity index (χ0n) is 13.4. The normalized spacial score (nSPS) is 25.1. The number of ether oxygens (including phenoxy) is 1. The van der Waals surface area contributed by atoms with Crippen molar-refractivity contribution >= 4 is 23.0 Å². The zero-order valence-corrected chi connectivity index (χ0v) is 14.2. The summed E-state index contributed by atoms with van der Waals surface area (Å²) in [7, 11) is 0. The van der Waals surface area contributed by atoms with Crippen molar-refractivity contribution < 1.29 is 4.74 Å². The van der Waals surface area contributed by atoms with Crippen LogP contribution in [0.3, 0.4) is 0 Å². The third-order valence-corrected chi connectivity index (χ3v) is 5.27. The van der Waals surface area contributed by atoms with Gasteiger partial charge >= 0.3 is 0 Å². The van der Waals surface area contributed by atoms with Crippen LogP contribution in [0, 0.1) is 0 Å². The predicted molar refractivity (Wildman–Crippen MR) is 93.3 cm³/mol. The highest BCUT2D eigenvalue weighted by atomic mass is 32.1. The zero-order chi connectivity index (χ0) is 15.6. The minimum Gasteiger partial charge on any atom is -0.367 e. The molecule has 2 aliphatic heterocycles. The molecular formula is C17H22N4OS. The van der Waals surface area contributed by atoms with Crippen LogP contribution in [0.15, 0.2) is 29.2 Å². The van der Waals surface area contributed by atoms with Gasteiger partial charge in [-0.15, -0.1) is 0 Å². The van der Waals surface area contributed by atoms with Gasteiger partial charge in [0.15, 0.2) is 0 Å². The van der Waals surface area contributed by atoms with Crippen molar-refractivity contribution in [3.8, 4) is 0 Å². The Hall–Kier alpha value is -1.66.